The predicted octanol–water partition coefficient (Wildman–Crippen LogP) is 6.59. The van der Waals surface area contributed by atoms with Gasteiger partial charge >= 0.3 is 0 Å². The Kier molecular flexibility index (Phi) is 8.16. The summed E-state index contributed by atoms with van der Waals surface area (Å²) >= 11 is 7.54. The number of thioether (sulfide) groups is 1. The quantitative estimate of drug-likeness (QED) is 0.295. The molecule has 2 aliphatic rings. The molecule has 0 saturated carbocycles. The van der Waals surface area contributed by atoms with Crippen LogP contribution in [0.1, 0.15) is 51.2 Å². The van der Waals surface area contributed by atoms with Gasteiger partial charge in [0.05, 0.1) is 5.57 Å². The summed E-state index contributed by atoms with van der Waals surface area (Å²) in [5.41, 5.74) is 1.99. The summed E-state index contributed by atoms with van der Waals surface area (Å²) in [5.74, 6) is 1.48. The van der Waals surface area contributed by atoms with Crippen molar-refractivity contribution in [3.8, 4) is 11.5 Å². The molecule has 0 fully saturated rings. The first-order valence-corrected chi connectivity index (χ1v) is 13.1. The monoisotopic (exact) mass is 524 g/mol. The van der Waals surface area contributed by atoms with Crippen LogP contribution in [0, 0.1) is 11.3 Å². The number of amidine groups is 2. The number of rotatable bonds is 9. The predicted molar refractivity (Wildman–Crippen MR) is 147 cm³/mol. The first-order valence-electron chi connectivity index (χ1n) is 11.9. The zero-order valence-corrected chi connectivity index (χ0v) is 22.3. The van der Waals surface area contributed by atoms with E-state index in [2.05, 4.69) is 36.1 Å². The number of fused-ring (bicyclic) bond motifs is 1. The number of carbonyl (C=O) groups excluding carboxylic acids is 1. The van der Waals surface area contributed by atoms with Crippen LogP contribution in [0.25, 0.3) is 6.08 Å². The fraction of sp³-hybridized carbons (Fsp3) is 0.333. The van der Waals surface area contributed by atoms with E-state index >= 15 is 0 Å². The normalized spacial score (nSPS) is 17.3. The third kappa shape index (κ3) is 5.82. The Hall–Kier alpha value is -3.10. The van der Waals surface area contributed by atoms with Gasteiger partial charge in [-0.3, -0.25) is 10.2 Å². The van der Waals surface area contributed by atoms with E-state index in [1.54, 1.807) is 24.3 Å². The van der Waals surface area contributed by atoms with E-state index in [9.17, 15) is 4.79 Å². The van der Waals surface area contributed by atoms with Gasteiger partial charge in [-0.1, -0.05) is 51.4 Å². The Morgan fingerprint density at radius 2 is 1.83 bits per heavy atom. The van der Waals surface area contributed by atoms with E-state index in [1.165, 1.54) is 22.3 Å². The van der Waals surface area contributed by atoms with Gasteiger partial charge in [0.25, 0.3) is 5.91 Å². The van der Waals surface area contributed by atoms with Crippen molar-refractivity contribution >= 4 is 51.4 Å². The number of ether oxygens (including phenoxy) is 2. The number of nitrogens with zero attached hydrogens (tertiary/aromatic N) is 3. The Morgan fingerprint density at radius 3 is 2.53 bits per heavy atom. The molecule has 0 spiro atoms. The summed E-state index contributed by atoms with van der Waals surface area (Å²) in [6, 6.07) is 13.3. The fourth-order valence-electron chi connectivity index (χ4n) is 3.60. The lowest BCUT2D eigenvalue weighted by Gasteiger charge is -2.20. The van der Waals surface area contributed by atoms with Crippen LogP contribution < -0.4 is 9.47 Å². The molecule has 2 aromatic rings. The number of halogens is 1. The highest BCUT2D eigenvalue weighted by Crippen LogP contribution is 2.32. The second-order valence-electron chi connectivity index (χ2n) is 8.87. The molecule has 0 aromatic heterocycles. The summed E-state index contributed by atoms with van der Waals surface area (Å²) in [6.07, 6.45) is 2.67. The van der Waals surface area contributed by atoms with Crippen LogP contribution in [0.3, 0.4) is 0 Å². The van der Waals surface area contributed by atoms with Crippen molar-refractivity contribution in [1.82, 2.24) is 5.01 Å². The van der Waals surface area contributed by atoms with Crippen LogP contribution in [-0.4, -0.2) is 40.2 Å². The Balaban J connectivity index is 1.45. The minimum absolute atomic E-state index is 0.0248. The highest BCUT2D eigenvalue weighted by Gasteiger charge is 2.36. The molecule has 1 N–H and O–H groups in total. The lowest BCUT2D eigenvalue weighted by molar-refractivity contribution is -0.114. The molecule has 2 aliphatic heterocycles. The van der Waals surface area contributed by atoms with Crippen molar-refractivity contribution in [3.63, 3.8) is 0 Å². The van der Waals surface area contributed by atoms with Gasteiger partial charge in [0.2, 0.25) is 5.17 Å². The molecule has 0 bridgehead atoms. The molecule has 0 saturated heterocycles. The van der Waals surface area contributed by atoms with Crippen molar-refractivity contribution in [2.45, 2.75) is 40.0 Å². The largest absolute Gasteiger partial charge is 0.490 e. The smallest absolute Gasteiger partial charge is 0.283 e. The van der Waals surface area contributed by atoms with Gasteiger partial charge < -0.3 is 9.47 Å². The van der Waals surface area contributed by atoms with Crippen molar-refractivity contribution in [2.75, 3.05) is 13.2 Å². The summed E-state index contributed by atoms with van der Waals surface area (Å²) in [5, 5.41) is 16.1. The molecular weight excluding hydrogens is 496 g/mol. The summed E-state index contributed by atoms with van der Waals surface area (Å²) in [7, 11) is 0. The van der Waals surface area contributed by atoms with Gasteiger partial charge in [-0.05, 0) is 66.1 Å². The van der Waals surface area contributed by atoms with Crippen LogP contribution in [0.4, 0.5) is 0 Å². The van der Waals surface area contributed by atoms with E-state index < -0.39 is 5.91 Å². The van der Waals surface area contributed by atoms with Crippen LogP contribution in [0.5, 0.6) is 11.5 Å². The van der Waals surface area contributed by atoms with Gasteiger partial charge in [0.15, 0.2) is 5.84 Å². The van der Waals surface area contributed by atoms with Gasteiger partial charge in [0.1, 0.15) is 29.8 Å². The zero-order valence-electron chi connectivity index (χ0n) is 20.7. The first-order chi connectivity index (χ1) is 17.3. The average molecular weight is 525 g/mol. The molecule has 1 amide bonds. The average Bonchev–Trinajstić information content (AvgIpc) is 3.30. The van der Waals surface area contributed by atoms with Crippen molar-refractivity contribution < 1.29 is 14.3 Å². The Bertz CT molecular complexity index is 1250. The fourth-order valence-corrected chi connectivity index (χ4v) is 4.67. The molecule has 0 radical (unpaired) electrons. The molecule has 36 heavy (non-hydrogen) atoms. The van der Waals surface area contributed by atoms with Crippen LogP contribution in [0.15, 0.2) is 58.1 Å². The maximum atomic E-state index is 12.7. The molecule has 2 aromatic carbocycles. The Labute approximate surface area is 220 Å². The van der Waals surface area contributed by atoms with Gasteiger partial charge in [-0.25, -0.2) is 0 Å². The van der Waals surface area contributed by atoms with Crippen LogP contribution in [-0.2, 0) is 4.79 Å². The van der Waals surface area contributed by atoms with E-state index in [0.29, 0.717) is 40.6 Å². The summed E-state index contributed by atoms with van der Waals surface area (Å²) in [6.45, 7) is 9.04. The molecule has 1 atom stereocenters. The van der Waals surface area contributed by atoms with E-state index in [4.69, 9.17) is 26.5 Å². The third-order valence-electron chi connectivity index (χ3n) is 5.91. The van der Waals surface area contributed by atoms with E-state index in [1.807, 2.05) is 26.0 Å². The van der Waals surface area contributed by atoms with Gasteiger partial charge in [0, 0.05) is 16.5 Å². The van der Waals surface area contributed by atoms with E-state index in [-0.39, 0.29) is 17.3 Å². The molecule has 0 unspecified atom stereocenters. The maximum Gasteiger partial charge on any atom is 0.283 e. The standard InChI is InChI=1S/C27H29ClN4O3S/c1-5-17(4)18-6-9-21(10-7-18)34-12-13-35-23-11-8-20(28)14-19(23)15-22-24(29)32-27(30-25(22)33)36-26(31-32)16(2)3/h6-11,14-17,29H,5,12-13H2,1-4H3/b22-15-,29-24?/t17-/m0/s1. The SMILES string of the molecule is CC[C@H](C)c1ccc(OCCOc2ccc(Cl)cc2/C=C2/C(=N)N3N=C(C(C)C)SC3=NC2=O)cc1. The van der Waals surface area contributed by atoms with Gasteiger partial charge in [-0.2, -0.15) is 15.1 Å². The molecule has 188 valence electrons. The first kappa shape index (κ1) is 26.0. The highest BCUT2D eigenvalue weighted by atomic mass is 35.5. The molecule has 2 heterocycles. The summed E-state index contributed by atoms with van der Waals surface area (Å²) < 4.78 is 11.8. The minimum Gasteiger partial charge on any atom is -0.490 e. The maximum absolute atomic E-state index is 12.7. The number of hydrogen-bond acceptors (Lipinski definition) is 6. The number of hydrogen-bond donors (Lipinski definition) is 1. The zero-order chi connectivity index (χ0) is 25.8. The third-order valence-corrected chi connectivity index (χ3v) is 7.35. The second kappa shape index (κ2) is 11.3. The lowest BCUT2D eigenvalue weighted by atomic mass is 9.99. The molecule has 0 aliphatic carbocycles. The topological polar surface area (TPSA) is 87.3 Å². The molecule has 7 nitrogen and oxygen atoms in total. The number of nitrogens with one attached hydrogen (secondary N) is 1. The van der Waals surface area contributed by atoms with E-state index in [0.717, 1.165) is 17.2 Å². The van der Waals surface area contributed by atoms with Crippen LogP contribution in [0.2, 0.25) is 5.02 Å². The lowest BCUT2D eigenvalue weighted by Crippen LogP contribution is -2.35. The summed E-state index contributed by atoms with van der Waals surface area (Å²) in [4.78, 5) is 16.9. The van der Waals surface area contributed by atoms with Gasteiger partial charge in [-0.15, -0.1) is 0 Å². The molecule has 9 heteroatoms. The molecular formula is C27H29ClN4O3S. The van der Waals surface area contributed by atoms with Crippen molar-refractivity contribution in [2.24, 2.45) is 16.0 Å². The number of amides is 1. The number of hydrazone groups is 1. The minimum atomic E-state index is -0.492. The van der Waals surface area contributed by atoms with Crippen LogP contribution >= 0.6 is 23.4 Å². The van der Waals surface area contributed by atoms with Crippen molar-refractivity contribution in [3.05, 3.63) is 64.2 Å². The molecule has 4 rings (SSSR count). The number of aliphatic imine (C=N–C) groups is 1. The Morgan fingerprint density at radius 1 is 1.11 bits per heavy atom. The number of benzene rings is 2. The second-order valence-corrected chi connectivity index (χ2v) is 10.3. The highest BCUT2D eigenvalue weighted by molar-refractivity contribution is 8.27. The van der Waals surface area contributed by atoms with Crippen molar-refractivity contribution in [1.29, 1.82) is 5.41 Å². The number of carbonyl (C=O) groups is 1.